The molecule has 5 unspecified atom stereocenters. The summed E-state index contributed by atoms with van der Waals surface area (Å²) >= 11 is 0. The van der Waals surface area contributed by atoms with Crippen LogP contribution in [0.1, 0.15) is 36.8 Å². The van der Waals surface area contributed by atoms with Gasteiger partial charge in [-0.25, -0.2) is 4.79 Å². The summed E-state index contributed by atoms with van der Waals surface area (Å²) in [4.78, 5) is 14.6. The van der Waals surface area contributed by atoms with Gasteiger partial charge in [-0.05, 0) is 43.2 Å². The lowest BCUT2D eigenvalue weighted by molar-refractivity contribution is -0.00445. The molecule has 1 aromatic carbocycles. The molecule has 0 spiro atoms. The predicted octanol–water partition coefficient (Wildman–Crippen LogP) is 1.90. The van der Waals surface area contributed by atoms with E-state index in [9.17, 15) is 9.90 Å². The van der Waals surface area contributed by atoms with Crippen LogP contribution in [0.5, 0.6) is 0 Å². The van der Waals surface area contributed by atoms with Gasteiger partial charge in [0.15, 0.2) is 0 Å². The number of aliphatic hydroxyl groups is 1. The van der Waals surface area contributed by atoms with Crippen molar-refractivity contribution in [3.8, 4) is 0 Å². The molecule has 1 aliphatic heterocycles. The number of amides is 2. The molecule has 2 fully saturated rings. The van der Waals surface area contributed by atoms with E-state index in [0.717, 1.165) is 12.8 Å². The Bertz CT molecular complexity index is 618. The van der Waals surface area contributed by atoms with Gasteiger partial charge < -0.3 is 20.1 Å². The Labute approximate surface area is 143 Å². The lowest BCUT2D eigenvalue weighted by Crippen LogP contribution is -2.53. The number of urea groups is 1. The van der Waals surface area contributed by atoms with Gasteiger partial charge >= 0.3 is 6.03 Å². The first kappa shape index (κ1) is 15.9. The van der Waals surface area contributed by atoms with Crippen molar-refractivity contribution in [3.63, 3.8) is 0 Å². The minimum Gasteiger partial charge on any atom is -0.393 e. The van der Waals surface area contributed by atoms with Gasteiger partial charge in [-0.3, -0.25) is 0 Å². The van der Waals surface area contributed by atoms with Crippen molar-refractivity contribution >= 4 is 6.03 Å². The van der Waals surface area contributed by atoms with Gasteiger partial charge in [0.25, 0.3) is 0 Å². The molecule has 1 saturated carbocycles. The second-order valence-corrected chi connectivity index (χ2v) is 7.41. The number of carbonyl (C=O) groups is 1. The maximum absolute atomic E-state index is 12.8. The first-order valence-corrected chi connectivity index (χ1v) is 9.06. The number of ether oxygens (including phenoxy) is 1. The van der Waals surface area contributed by atoms with Crippen molar-refractivity contribution in [1.29, 1.82) is 0 Å². The molecule has 24 heavy (non-hydrogen) atoms. The van der Waals surface area contributed by atoms with Crippen LogP contribution in [0.3, 0.4) is 0 Å². The van der Waals surface area contributed by atoms with Crippen LogP contribution < -0.4 is 5.32 Å². The SMILES string of the molecule is CC(O)CC1COCCN1C(=O)NC1C2CCc3ccccc3C21. The molecule has 5 nitrogen and oxygen atoms in total. The third kappa shape index (κ3) is 2.91. The van der Waals surface area contributed by atoms with Gasteiger partial charge in [-0.1, -0.05) is 24.3 Å². The summed E-state index contributed by atoms with van der Waals surface area (Å²) in [5.41, 5.74) is 2.86. The number of carbonyl (C=O) groups excluding carboxylic acids is 1. The second-order valence-electron chi connectivity index (χ2n) is 7.41. The number of nitrogens with zero attached hydrogens (tertiary/aromatic N) is 1. The Morgan fingerprint density at radius 3 is 3.12 bits per heavy atom. The fraction of sp³-hybridized carbons (Fsp3) is 0.632. The van der Waals surface area contributed by atoms with Crippen LogP contribution >= 0.6 is 0 Å². The van der Waals surface area contributed by atoms with Crippen molar-refractivity contribution in [2.45, 2.75) is 50.3 Å². The molecule has 2 aliphatic carbocycles. The smallest absolute Gasteiger partial charge is 0.318 e. The third-order valence-corrected chi connectivity index (χ3v) is 5.72. The van der Waals surface area contributed by atoms with Crippen LogP contribution in [0.25, 0.3) is 0 Å². The van der Waals surface area contributed by atoms with E-state index < -0.39 is 6.10 Å². The van der Waals surface area contributed by atoms with E-state index in [1.165, 1.54) is 11.1 Å². The van der Waals surface area contributed by atoms with Crippen molar-refractivity contribution in [3.05, 3.63) is 35.4 Å². The number of morpholine rings is 1. The molecule has 4 rings (SSSR count). The maximum Gasteiger partial charge on any atom is 0.318 e. The number of rotatable bonds is 3. The number of hydrogen-bond acceptors (Lipinski definition) is 3. The summed E-state index contributed by atoms with van der Waals surface area (Å²) < 4.78 is 5.49. The molecule has 2 N–H and O–H groups in total. The number of benzene rings is 1. The topological polar surface area (TPSA) is 61.8 Å². The van der Waals surface area contributed by atoms with Crippen LogP contribution in [0.4, 0.5) is 4.79 Å². The summed E-state index contributed by atoms with van der Waals surface area (Å²) in [5.74, 6) is 1.07. The average molecular weight is 330 g/mol. The zero-order valence-electron chi connectivity index (χ0n) is 14.1. The Kier molecular flexibility index (Phi) is 4.22. The monoisotopic (exact) mass is 330 g/mol. The van der Waals surface area contributed by atoms with Gasteiger partial charge in [0.2, 0.25) is 0 Å². The van der Waals surface area contributed by atoms with Crippen molar-refractivity contribution in [1.82, 2.24) is 10.2 Å². The Morgan fingerprint density at radius 1 is 1.46 bits per heavy atom. The summed E-state index contributed by atoms with van der Waals surface area (Å²) in [6.45, 7) is 3.45. The van der Waals surface area contributed by atoms with E-state index in [1.807, 2.05) is 4.90 Å². The van der Waals surface area contributed by atoms with Crippen LogP contribution in [0.2, 0.25) is 0 Å². The fourth-order valence-corrected chi connectivity index (χ4v) is 4.50. The molecular formula is C19H26N2O3. The number of aliphatic hydroxyl groups excluding tert-OH is 1. The summed E-state index contributed by atoms with van der Waals surface area (Å²) in [6.07, 6.45) is 2.41. The molecular weight excluding hydrogens is 304 g/mol. The van der Waals surface area contributed by atoms with Crippen LogP contribution in [0.15, 0.2) is 24.3 Å². The molecule has 1 saturated heterocycles. The number of hydrogen-bond donors (Lipinski definition) is 2. The number of aryl methyl sites for hydroxylation is 1. The number of fused-ring (bicyclic) bond motifs is 3. The van der Waals surface area contributed by atoms with E-state index in [2.05, 4.69) is 29.6 Å². The van der Waals surface area contributed by atoms with Gasteiger partial charge in [-0.15, -0.1) is 0 Å². The predicted molar refractivity (Wildman–Crippen MR) is 90.9 cm³/mol. The summed E-state index contributed by atoms with van der Waals surface area (Å²) in [7, 11) is 0. The molecule has 3 aliphatic rings. The maximum atomic E-state index is 12.8. The fourth-order valence-electron chi connectivity index (χ4n) is 4.50. The first-order chi connectivity index (χ1) is 11.6. The van der Waals surface area contributed by atoms with Crippen molar-refractivity contribution in [2.24, 2.45) is 5.92 Å². The molecule has 5 heteroatoms. The van der Waals surface area contributed by atoms with E-state index in [4.69, 9.17) is 4.74 Å². The highest BCUT2D eigenvalue weighted by atomic mass is 16.5. The van der Waals surface area contributed by atoms with Crippen LogP contribution in [-0.2, 0) is 11.2 Å². The first-order valence-electron chi connectivity index (χ1n) is 9.06. The number of nitrogens with one attached hydrogen (secondary N) is 1. The molecule has 130 valence electrons. The van der Waals surface area contributed by atoms with Gasteiger partial charge in [0.1, 0.15) is 0 Å². The molecule has 1 heterocycles. The lowest BCUT2D eigenvalue weighted by atomic mass is 9.92. The Balaban J connectivity index is 1.42. The summed E-state index contributed by atoms with van der Waals surface area (Å²) in [5, 5.41) is 12.9. The largest absolute Gasteiger partial charge is 0.393 e. The molecule has 0 radical (unpaired) electrons. The zero-order chi connectivity index (χ0) is 16.7. The normalized spacial score (nSPS) is 32.5. The minimum atomic E-state index is -0.428. The third-order valence-electron chi connectivity index (χ3n) is 5.72. The minimum absolute atomic E-state index is 0.000770. The lowest BCUT2D eigenvalue weighted by Gasteiger charge is -2.36. The van der Waals surface area contributed by atoms with E-state index in [0.29, 0.717) is 38.0 Å². The van der Waals surface area contributed by atoms with Crippen molar-refractivity contribution in [2.75, 3.05) is 19.8 Å². The quantitative estimate of drug-likeness (QED) is 0.890. The van der Waals surface area contributed by atoms with E-state index in [-0.39, 0.29) is 18.1 Å². The molecule has 1 aromatic rings. The van der Waals surface area contributed by atoms with Crippen LogP contribution in [0, 0.1) is 5.92 Å². The van der Waals surface area contributed by atoms with Crippen molar-refractivity contribution < 1.29 is 14.6 Å². The highest BCUT2D eigenvalue weighted by Crippen LogP contribution is 2.54. The van der Waals surface area contributed by atoms with Gasteiger partial charge in [0.05, 0.1) is 25.4 Å². The molecule has 2 amide bonds. The summed E-state index contributed by atoms with van der Waals surface area (Å²) in [6, 6.07) is 8.85. The van der Waals surface area contributed by atoms with E-state index in [1.54, 1.807) is 6.92 Å². The molecule has 0 bridgehead atoms. The highest BCUT2D eigenvalue weighted by Gasteiger charge is 2.54. The Hall–Kier alpha value is -1.59. The zero-order valence-corrected chi connectivity index (χ0v) is 14.1. The average Bonchev–Trinajstić information content (AvgIpc) is 3.28. The van der Waals surface area contributed by atoms with Gasteiger partial charge in [0, 0.05) is 18.5 Å². The van der Waals surface area contributed by atoms with Gasteiger partial charge in [-0.2, -0.15) is 0 Å². The molecule has 5 atom stereocenters. The van der Waals surface area contributed by atoms with E-state index >= 15 is 0 Å². The standard InChI is InChI=1S/C19H26N2O3/c1-12(22)10-14-11-24-9-8-21(14)19(23)20-18-16-7-6-13-4-2-3-5-15(13)17(16)18/h2-5,12,14,16-18,22H,6-11H2,1H3,(H,20,23). The second kappa shape index (κ2) is 6.37. The molecule has 0 aromatic heterocycles. The van der Waals surface area contributed by atoms with Crippen LogP contribution in [-0.4, -0.2) is 54.0 Å². The highest BCUT2D eigenvalue weighted by molar-refractivity contribution is 5.76. The Morgan fingerprint density at radius 2 is 2.29 bits per heavy atom.